The van der Waals surface area contributed by atoms with Gasteiger partial charge < -0.3 is 16.0 Å². The molecule has 9 heteroatoms. The number of nitrogens with one attached hydrogen (secondary N) is 3. The fraction of sp³-hybridized carbons (Fsp3) is 0.250. The van der Waals surface area contributed by atoms with Crippen LogP contribution in [0.3, 0.4) is 0 Å². The first-order chi connectivity index (χ1) is 16.1. The van der Waals surface area contributed by atoms with Gasteiger partial charge in [0.1, 0.15) is 12.1 Å². The van der Waals surface area contributed by atoms with Gasteiger partial charge >= 0.3 is 0 Å². The number of hydrogen-bond donors (Lipinski definition) is 3. The molecule has 1 amide bonds. The lowest BCUT2D eigenvalue weighted by molar-refractivity contribution is 0.0964. The van der Waals surface area contributed by atoms with Gasteiger partial charge in [-0.05, 0) is 18.6 Å². The Morgan fingerprint density at radius 3 is 2.61 bits per heavy atom. The van der Waals surface area contributed by atoms with Crippen molar-refractivity contribution in [1.82, 2.24) is 30.2 Å². The first kappa shape index (κ1) is 22.1. The number of pyridine rings is 1. The maximum absolute atomic E-state index is 12.2. The van der Waals surface area contributed by atoms with Crippen LogP contribution in [0.5, 0.6) is 0 Å². The molecule has 3 heterocycles. The number of hydrogen-bond acceptors (Lipinski definition) is 8. The van der Waals surface area contributed by atoms with Crippen LogP contribution in [0.15, 0.2) is 55.2 Å². The number of benzene rings is 1. The summed E-state index contributed by atoms with van der Waals surface area (Å²) < 4.78 is 0. The van der Waals surface area contributed by atoms with Crippen LogP contribution in [0.2, 0.25) is 0 Å². The smallest absolute Gasteiger partial charge is 0.251 e. The first-order valence-corrected chi connectivity index (χ1v) is 10.8. The average molecular weight is 443 g/mol. The summed E-state index contributed by atoms with van der Waals surface area (Å²) in [5.74, 6) is 1.30. The number of nitrogens with zero attached hydrogens (tertiary/aromatic N) is 5. The lowest BCUT2D eigenvalue weighted by Gasteiger charge is -2.16. The second-order valence-electron chi connectivity index (χ2n) is 7.58. The Morgan fingerprint density at radius 1 is 1.03 bits per heavy atom. The summed E-state index contributed by atoms with van der Waals surface area (Å²) in [6, 6.07) is 9.55. The topological polar surface area (TPSA) is 118 Å². The molecule has 33 heavy (non-hydrogen) atoms. The fourth-order valence-corrected chi connectivity index (χ4v) is 3.62. The molecule has 0 aliphatic heterocycles. The van der Waals surface area contributed by atoms with Crippen molar-refractivity contribution in [1.29, 1.82) is 0 Å². The van der Waals surface area contributed by atoms with Gasteiger partial charge in [0, 0.05) is 61.7 Å². The second-order valence-corrected chi connectivity index (χ2v) is 7.58. The van der Waals surface area contributed by atoms with E-state index in [0.29, 0.717) is 23.9 Å². The van der Waals surface area contributed by atoms with Gasteiger partial charge in [0.2, 0.25) is 5.95 Å². The summed E-state index contributed by atoms with van der Waals surface area (Å²) in [6.45, 7) is 5.51. The fourth-order valence-electron chi connectivity index (χ4n) is 3.62. The van der Waals surface area contributed by atoms with E-state index in [1.807, 2.05) is 31.2 Å². The molecule has 4 aromatic rings. The number of carbonyl (C=O) groups excluding carboxylic acids is 1. The predicted molar refractivity (Wildman–Crippen MR) is 129 cm³/mol. The molecule has 1 aromatic carbocycles. The molecule has 4 rings (SSSR count). The second kappa shape index (κ2) is 9.99. The minimum atomic E-state index is -0.124. The summed E-state index contributed by atoms with van der Waals surface area (Å²) in [6.07, 6.45) is 6.68. The monoisotopic (exact) mass is 442 g/mol. The standard InChI is InChI=1S/C24H26N8O/c1-4-26-24-29-12-16(13-30-24)20-10-21(32-14-31-20)28-11-15(2)17-6-5-7-18-19(23(33)25-3)8-9-27-22(17)18/h5-10,12-15H,4,11H2,1-3H3,(H,25,33)(H,26,29,30)(H,28,31,32)/t15-/m1/s1. The molecule has 0 fully saturated rings. The average Bonchev–Trinajstić information content (AvgIpc) is 2.87. The quantitative estimate of drug-likeness (QED) is 0.380. The van der Waals surface area contributed by atoms with Crippen molar-refractivity contribution < 1.29 is 4.79 Å². The molecule has 3 N–H and O–H groups in total. The number of para-hydroxylation sites is 1. The Morgan fingerprint density at radius 2 is 1.85 bits per heavy atom. The number of rotatable bonds is 8. The minimum Gasteiger partial charge on any atom is -0.369 e. The van der Waals surface area contributed by atoms with E-state index in [0.717, 1.165) is 34.3 Å². The van der Waals surface area contributed by atoms with E-state index in [-0.39, 0.29) is 11.8 Å². The highest BCUT2D eigenvalue weighted by Crippen LogP contribution is 2.27. The zero-order chi connectivity index (χ0) is 23.2. The van der Waals surface area contributed by atoms with Crippen LogP contribution in [0.1, 0.15) is 35.7 Å². The van der Waals surface area contributed by atoms with Crippen LogP contribution in [0.25, 0.3) is 22.2 Å². The highest BCUT2D eigenvalue weighted by molar-refractivity contribution is 6.06. The van der Waals surface area contributed by atoms with Crippen LogP contribution >= 0.6 is 0 Å². The molecule has 0 aliphatic carbocycles. The number of carbonyl (C=O) groups is 1. The lowest BCUT2D eigenvalue weighted by atomic mass is 9.96. The van der Waals surface area contributed by atoms with Crippen molar-refractivity contribution in [2.45, 2.75) is 19.8 Å². The maximum atomic E-state index is 12.2. The lowest BCUT2D eigenvalue weighted by Crippen LogP contribution is -2.18. The molecule has 0 saturated carbocycles. The normalized spacial score (nSPS) is 11.7. The zero-order valence-corrected chi connectivity index (χ0v) is 18.8. The van der Waals surface area contributed by atoms with Gasteiger partial charge in [-0.2, -0.15) is 0 Å². The number of fused-ring (bicyclic) bond motifs is 1. The van der Waals surface area contributed by atoms with Crippen molar-refractivity contribution in [2.24, 2.45) is 0 Å². The molecule has 0 unspecified atom stereocenters. The van der Waals surface area contributed by atoms with E-state index in [2.05, 4.69) is 47.8 Å². The highest BCUT2D eigenvalue weighted by Gasteiger charge is 2.15. The third-order valence-electron chi connectivity index (χ3n) is 5.34. The van der Waals surface area contributed by atoms with Gasteiger partial charge in [-0.15, -0.1) is 0 Å². The van der Waals surface area contributed by atoms with Crippen molar-refractivity contribution >= 4 is 28.6 Å². The van der Waals surface area contributed by atoms with Crippen LogP contribution < -0.4 is 16.0 Å². The first-order valence-electron chi connectivity index (χ1n) is 10.8. The molecular formula is C24H26N8O. The Hall–Kier alpha value is -4.14. The molecule has 168 valence electrons. The minimum absolute atomic E-state index is 0.124. The molecule has 0 bridgehead atoms. The number of aromatic nitrogens is 5. The largest absolute Gasteiger partial charge is 0.369 e. The van der Waals surface area contributed by atoms with Crippen molar-refractivity contribution in [3.8, 4) is 11.3 Å². The summed E-state index contributed by atoms with van der Waals surface area (Å²) in [7, 11) is 1.63. The number of anilines is 2. The molecule has 9 nitrogen and oxygen atoms in total. The zero-order valence-electron chi connectivity index (χ0n) is 18.8. The van der Waals surface area contributed by atoms with E-state index >= 15 is 0 Å². The van der Waals surface area contributed by atoms with Gasteiger partial charge in [-0.1, -0.05) is 25.1 Å². The summed E-state index contributed by atoms with van der Waals surface area (Å²) in [5, 5.41) is 9.99. The molecule has 0 radical (unpaired) electrons. The van der Waals surface area contributed by atoms with Crippen molar-refractivity contribution in [3.63, 3.8) is 0 Å². The van der Waals surface area contributed by atoms with Crippen LogP contribution in [-0.2, 0) is 0 Å². The third-order valence-corrected chi connectivity index (χ3v) is 5.34. The van der Waals surface area contributed by atoms with E-state index in [4.69, 9.17) is 0 Å². The van der Waals surface area contributed by atoms with Crippen LogP contribution in [-0.4, -0.2) is 51.0 Å². The van der Waals surface area contributed by atoms with Gasteiger partial charge in [-0.25, -0.2) is 19.9 Å². The molecule has 1 atom stereocenters. The molecule has 0 aliphatic rings. The molecule has 0 saturated heterocycles. The van der Waals surface area contributed by atoms with Crippen molar-refractivity contribution in [2.75, 3.05) is 30.8 Å². The SMILES string of the molecule is CCNc1ncc(-c2cc(NC[C@@H](C)c3cccc4c(C(=O)NC)ccnc34)ncn2)cn1. The Kier molecular flexibility index (Phi) is 6.68. The summed E-state index contributed by atoms with van der Waals surface area (Å²) in [4.78, 5) is 34.1. The highest BCUT2D eigenvalue weighted by atomic mass is 16.1. The maximum Gasteiger partial charge on any atom is 0.251 e. The van der Waals surface area contributed by atoms with E-state index in [1.54, 1.807) is 31.7 Å². The van der Waals surface area contributed by atoms with Gasteiger partial charge in [0.25, 0.3) is 5.91 Å². The Labute approximate surface area is 192 Å². The van der Waals surface area contributed by atoms with Gasteiger partial charge in [0.05, 0.1) is 16.8 Å². The van der Waals surface area contributed by atoms with Gasteiger partial charge in [-0.3, -0.25) is 9.78 Å². The van der Waals surface area contributed by atoms with Crippen LogP contribution in [0, 0.1) is 0 Å². The predicted octanol–water partition coefficient (Wildman–Crippen LogP) is 3.49. The van der Waals surface area contributed by atoms with Crippen molar-refractivity contribution in [3.05, 3.63) is 66.4 Å². The number of amides is 1. The van der Waals surface area contributed by atoms with E-state index in [9.17, 15) is 4.79 Å². The Balaban J connectivity index is 1.51. The van der Waals surface area contributed by atoms with Crippen LogP contribution in [0.4, 0.5) is 11.8 Å². The van der Waals surface area contributed by atoms with E-state index in [1.165, 1.54) is 6.33 Å². The Bertz CT molecular complexity index is 1260. The summed E-state index contributed by atoms with van der Waals surface area (Å²) in [5.41, 5.74) is 4.06. The molecular weight excluding hydrogens is 416 g/mol. The third kappa shape index (κ3) is 4.87. The van der Waals surface area contributed by atoms with E-state index < -0.39 is 0 Å². The summed E-state index contributed by atoms with van der Waals surface area (Å²) >= 11 is 0. The molecule has 3 aromatic heterocycles. The van der Waals surface area contributed by atoms with Gasteiger partial charge in [0.15, 0.2) is 0 Å². The molecule has 0 spiro atoms.